The van der Waals surface area contributed by atoms with Gasteiger partial charge in [-0.15, -0.1) is 0 Å². The van der Waals surface area contributed by atoms with Crippen LogP contribution >= 0.6 is 11.6 Å². The first kappa shape index (κ1) is 24.0. The molecule has 0 radical (unpaired) electrons. The van der Waals surface area contributed by atoms with Gasteiger partial charge in [0.25, 0.3) is 12.3 Å². The Balaban J connectivity index is 2.37. The molecule has 0 aliphatic heterocycles. The average molecular weight is 475 g/mol. The van der Waals surface area contributed by atoms with E-state index < -0.39 is 55.9 Å². The summed E-state index contributed by atoms with van der Waals surface area (Å²) < 4.78 is 90.8. The highest BCUT2D eigenvalue weighted by Crippen LogP contribution is 2.30. The highest BCUT2D eigenvalue weighted by molar-refractivity contribution is 7.89. The number of rotatable bonds is 6. The maximum atomic E-state index is 12.9. The van der Waals surface area contributed by atoms with Gasteiger partial charge < -0.3 is 9.88 Å². The molecule has 2 heterocycles. The number of amides is 1. The minimum atomic E-state index is -4.84. The van der Waals surface area contributed by atoms with E-state index in [0.29, 0.717) is 6.92 Å². The Morgan fingerprint density at radius 2 is 1.87 bits per heavy atom. The van der Waals surface area contributed by atoms with Gasteiger partial charge in [0.15, 0.2) is 0 Å². The van der Waals surface area contributed by atoms with Crippen LogP contribution in [0.5, 0.6) is 0 Å². The smallest absolute Gasteiger partial charge is 0.344 e. The van der Waals surface area contributed by atoms with Crippen molar-refractivity contribution in [1.82, 2.24) is 14.3 Å². The van der Waals surface area contributed by atoms with Crippen LogP contribution in [0.25, 0.3) is 0 Å². The lowest BCUT2D eigenvalue weighted by Crippen LogP contribution is -2.42. The normalized spacial score (nSPS) is 13.5. The zero-order chi connectivity index (χ0) is 23.0. The zero-order valence-electron chi connectivity index (χ0n) is 15.7. The van der Waals surface area contributed by atoms with E-state index in [-0.39, 0.29) is 11.4 Å². The van der Waals surface area contributed by atoms with E-state index in [9.17, 15) is 35.2 Å². The van der Waals surface area contributed by atoms with Gasteiger partial charge in [-0.05, 0) is 26.0 Å². The van der Waals surface area contributed by atoms with Gasteiger partial charge in [0.05, 0.1) is 5.02 Å². The summed E-state index contributed by atoms with van der Waals surface area (Å²) in [5.74, 6) is -0.960. The molecular weight excluding hydrogens is 459 g/mol. The molecule has 166 valence electrons. The number of nitrogens with one attached hydrogen (secondary N) is 2. The topological polar surface area (TPSA) is 93.1 Å². The van der Waals surface area contributed by atoms with E-state index in [4.69, 9.17) is 11.6 Å². The van der Waals surface area contributed by atoms with Gasteiger partial charge in [0.1, 0.15) is 22.3 Å². The molecular formula is C16H16ClF5N4O3S. The van der Waals surface area contributed by atoms with Crippen molar-refractivity contribution in [1.29, 1.82) is 0 Å². The number of hydrogen-bond donors (Lipinski definition) is 2. The van der Waals surface area contributed by atoms with Crippen LogP contribution in [0.3, 0.4) is 0 Å². The molecule has 0 fully saturated rings. The summed E-state index contributed by atoms with van der Waals surface area (Å²) in [4.78, 5) is 15.4. The molecule has 1 amide bonds. The lowest BCUT2D eigenvalue weighted by Gasteiger charge is -2.16. The van der Waals surface area contributed by atoms with Crippen LogP contribution in [-0.2, 0) is 17.1 Å². The molecule has 1 atom stereocenters. The molecule has 2 aromatic rings. The van der Waals surface area contributed by atoms with Crippen molar-refractivity contribution < 1.29 is 35.2 Å². The lowest BCUT2D eigenvalue weighted by atomic mass is 10.2. The van der Waals surface area contributed by atoms with E-state index in [2.05, 4.69) is 10.3 Å². The molecule has 0 aliphatic carbocycles. The van der Waals surface area contributed by atoms with Crippen LogP contribution in [0.2, 0.25) is 5.02 Å². The number of halogens is 6. The number of hydrogen-bond acceptors (Lipinski definition) is 4. The molecule has 30 heavy (non-hydrogen) atoms. The summed E-state index contributed by atoms with van der Waals surface area (Å²) in [6.07, 6.45) is -6.86. The largest absolute Gasteiger partial charge is 0.404 e. The third kappa shape index (κ3) is 5.26. The molecule has 0 saturated heterocycles. The molecule has 7 nitrogen and oxygen atoms in total. The maximum Gasteiger partial charge on any atom is 0.404 e. The van der Waals surface area contributed by atoms with Gasteiger partial charge in [-0.1, -0.05) is 11.6 Å². The fourth-order valence-electron chi connectivity index (χ4n) is 2.45. The first-order valence-corrected chi connectivity index (χ1v) is 10.0. The number of carbonyl (C=O) groups is 1. The summed E-state index contributed by atoms with van der Waals surface area (Å²) in [5.41, 5.74) is -0.843. The number of aryl methyl sites for hydroxylation is 2. The number of pyridine rings is 1. The fraction of sp³-hybridized carbons (Fsp3) is 0.375. The van der Waals surface area contributed by atoms with E-state index in [1.807, 2.05) is 0 Å². The molecule has 0 unspecified atom stereocenters. The highest BCUT2D eigenvalue weighted by Gasteiger charge is 2.40. The zero-order valence-corrected chi connectivity index (χ0v) is 17.3. The van der Waals surface area contributed by atoms with Gasteiger partial charge in [-0.25, -0.2) is 17.2 Å². The number of sulfonamides is 1. The van der Waals surface area contributed by atoms with Crippen molar-refractivity contribution in [3.8, 4) is 0 Å². The second-order valence-corrected chi connectivity index (χ2v) is 8.39. The number of aromatic nitrogens is 2. The highest BCUT2D eigenvalue weighted by atomic mass is 35.5. The predicted molar refractivity (Wildman–Crippen MR) is 98.1 cm³/mol. The van der Waals surface area contributed by atoms with E-state index >= 15 is 0 Å². The predicted octanol–water partition coefficient (Wildman–Crippen LogP) is 3.80. The summed E-state index contributed by atoms with van der Waals surface area (Å²) in [6, 6.07) is -0.176. The summed E-state index contributed by atoms with van der Waals surface area (Å²) >= 11 is 5.97. The second kappa shape index (κ2) is 8.47. The van der Waals surface area contributed by atoms with E-state index in [1.165, 1.54) is 24.8 Å². The Bertz CT molecular complexity index is 1070. The molecule has 2 N–H and O–H groups in total. The van der Waals surface area contributed by atoms with Crippen LogP contribution in [0.4, 0.5) is 27.6 Å². The van der Waals surface area contributed by atoms with Gasteiger partial charge in [-0.2, -0.15) is 17.9 Å². The van der Waals surface area contributed by atoms with E-state index in [0.717, 1.165) is 16.8 Å². The molecule has 0 aromatic carbocycles. The third-order valence-corrected chi connectivity index (χ3v) is 5.92. The van der Waals surface area contributed by atoms with Crippen molar-refractivity contribution in [2.75, 3.05) is 5.32 Å². The summed E-state index contributed by atoms with van der Waals surface area (Å²) in [6.45, 7) is 2.03. The monoisotopic (exact) mass is 474 g/mol. The van der Waals surface area contributed by atoms with Gasteiger partial charge in [-0.3, -0.25) is 9.78 Å². The first-order chi connectivity index (χ1) is 13.6. The fourth-order valence-corrected chi connectivity index (χ4v) is 4.38. The standard InChI is InChI=1S/C16H16ClF5N4O3S/c1-7-4-9(5-10(23-7)14(18)19)24-15(27)13-12(17)11(6-26(13)3)30(28,29)25-8(2)16(20,21)22/h4-6,8,14,25H,1-3H3,(H,23,24,27)/t8-/m1/s1. The van der Waals surface area contributed by atoms with Crippen molar-refractivity contribution in [3.63, 3.8) is 0 Å². The maximum absolute atomic E-state index is 12.9. The van der Waals surface area contributed by atoms with Gasteiger partial charge in [0.2, 0.25) is 10.0 Å². The number of anilines is 1. The van der Waals surface area contributed by atoms with E-state index in [1.54, 1.807) is 0 Å². The van der Waals surface area contributed by atoms with Crippen molar-refractivity contribution in [3.05, 3.63) is 40.4 Å². The van der Waals surface area contributed by atoms with Crippen LogP contribution in [0.1, 0.15) is 35.2 Å². The molecule has 0 spiro atoms. The van der Waals surface area contributed by atoms with Gasteiger partial charge in [0, 0.05) is 24.6 Å². The number of nitrogens with zero attached hydrogens (tertiary/aromatic N) is 2. The van der Waals surface area contributed by atoms with Crippen molar-refractivity contribution in [2.45, 2.75) is 37.4 Å². The van der Waals surface area contributed by atoms with Crippen LogP contribution in [0, 0.1) is 6.92 Å². The third-order valence-electron chi connectivity index (χ3n) is 3.87. The van der Waals surface area contributed by atoms with Gasteiger partial charge >= 0.3 is 6.18 Å². The number of carbonyl (C=O) groups excluding carboxylic acids is 1. The summed E-state index contributed by atoms with van der Waals surface area (Å²) in [5, 5.41) is 1.66. The second-order valence-electron chi connectivity index (χ2n) is 6.33. The first-order valence-electron chi connectivity index (χ1n) is 8.15. The van der Waals surface area contributed by atoms with Crippen molar-refractivity contribution >= 4 is 33.2 Å². The molecule has 0 saturated carbocycles. The minimum Gasteiger partial charge on any atom is -0.344 e. The molecule has 0 aliphatic rings. The molecule has 2 aromatic heterocycles. The van der Waals surface area contributed by atoms with Crippen LogP contribution < -0.4 is 10.0 Å². The molecule has 2 rings (SSSR count). The Kier molecular flexibility index (Phi) is 6.79. The average Bonchev–Trinajstić information content (AvgIpc) is 2.88. The Hall–Kier alpha value is -2.25. The van der Waals surface area contributed by atoms with Crippen LogP contribution in [0.15, 0.2) is 23.2 Å². The minimum absolute atomic E-state index is 0.0479. The Morgan fingerprint density at radius 1 is 1.27 bits per heavy atom. The Morgan fingerprint density at radius 3 is 2.40 bits per heavy atom. The molecule has 14 heteroatoms. The summed E-state index contributed by atoms with van der Waals surface area (Å²) in [7, 11) is -3.47. The Labute approximate surface area is 173 Å². The quantitative estimate of drug-likeness (QED) is 0.623. The van der Waals surface area contributed by atoms with Crippen LogP contribution in [-0.4, -0.2) is 36.1 Å². The SMILES string of the molecule is Cc1cc(NC(=O)c2c(Cl)c(S(=O)(=O)N[C@H](C)C(F)(F)F)cn2C)cc(C(F)F)n1. The molecule has 0 bridgehead atoms. The van der Waals surface area contributed by atoms with Crippen molar-refractivity contribution in [2.24, 2.45) is 7.05 Å². The number of alkyl halides is 5. The lowest BCUT2D eigenvalue weighted by molar-refractivity contribution is -0.147.